The van der Waals surface area contributed by atoms with Crippen molar-refractivity contribution in [2.75, 3.05) is 0 Å². The molecule has 1 amide bonds. The number of hydrogen-bond acceptors (Lipinski definition) is 4. The van der Waals surface area contributed by atoms with Crippen LogP contribution in [0.15, 0.2) is 23.6 Å². The van der Waals surface area contributed by atoms with Crippen molar-refractivity contribution in [1.82, 2.24) is 5.32 Å². The molecule has 1 aromatic heterocycles. The number of esters is 1. The molecule has 1 saturated carbocycles. The first-order valence-electron chi connectivity index (χ1n) is 7.79. The highest BCUT2D eigenvalue weighted by Crippen LogP contribution is 2.23. The molecule has 0 aliphatic heterocycles. The lowest BCUT2D eigenvalue weighted by Crippen LogP contribution is -2.45. The Morgan fingerprint density at radius 3 is 2.86 bits per heavy atom. The van der Waals surface area contributed by atoms with E-state index >= 15 is 0 Å². The van der Waals surface area contributed by atoms with Crippen LogP contribution >= 0.6 is 11.3 Å². The minimum Gasteiger partial charge on any atom is -0.449 e. The lowest BCUT2D eigenvalue weighted by atomic mass is 9.86. The molecule has 4 nitrogen and oxygen atoms in total. The molecular formula is C17H23NO3S. The monoisotopic (exact) mass is 321 g/mol. The van der Waals surface area contributed by atoms with Gasteiger partial charge in [0.25, 0.3) is 5.91 Å². The SMILES string of the molecule is C[C@H](OC(=O)/C=C/c1cccs1)C(=O)N[C@H]1CCCC[C@H]1C. The first kappa shape index (κ1) is 16.7. The Kier molecular flexibility index (Phi) is 6.19. The van der Waals surface area contributed by atoms with Crippen LogP contribution in [0.25, 0.3) is 6.08 Å². The van der Waals surface area contributed by atoms with E-state index in [9.17, 15) is 9.59 Å². The van der Waals surface area contributed by atoms with Gasteiger partial charge in [-0.15, -0.1) is 11.3 Å². The zero-order valence-electron chi connectivity index (χ0n) is 13.1. The fourth-order valence-electron chi connectivity index (χ4n) is 2.63. The van der Waals surface area contributed by atoms with Gasteiger partial charge in [0.2, 0.25) is 0 Å². The Morgan fingerprint density at radius 2 is 2.18 bits per heavy atom. The van der Waals surface area contributed by atoms with Crippen molar-refractivity contribution in [3.63, 3.8) is 0 Å². The molecule has 0 spiro atoms. The predicted molar refractivity (Wildman–Crippen MR) is 88.5 cm³/mol. The molecule has 2 rings (SSSR count). The van der Waals surface area contributed by atoms with Crippen LogP contribution in [0.4, 0.5) is 0 Å². The molecule has 22 heavy (non-hydrogen) atoms. The Bertz CT molecular complexity index is 524. The minimum atomic E-state index is -0.769. The molecule has 3 atom stereocenters. The fourth-order valence-corrected chi connectivity index (χ4v) is 3.25. The lowest BCUT2D eigenvalue weighted by molar-refractivity contribution is -0.150. The summed E-state index contributed by atoms with van der Waals surface area (Å²) in [6.45, 7) is 3.77. The van der Waals surface area contributed by atoms with Gasteiger partial charge in [0.1, 0.15) is 0 Å². The molecule has 0 aromatic carbocycles. The minimum absolute atomic E-state index is 0.198. The molecule has 1 aliphatic rings. The summed E-state index contributed by atoms with van der Waals surface area (Å²) >= 11 is 1.54. The summed E-state index contributed by atoms with van der Waals surface area (Å²) in [5, 5.41) is 4.94. The number of carbonyl (C=O) groups is 2. The molecule has 1 fully saturated rings. The standard InChI is InChI=1S/C17H23NO3S/c1-12-6-3-4-8-15(12)18-17(20)13(2)21-16(19)10-9-14-7-5-11-22-14/h5,7,9-13,15H,3-4,6,8H2,1-2H3,(H,18,20)/b10-9+/t12-,13+,15+/m1/s1. The molecule has 120 valence electrons. The van der Waals surface area contributed by atoms with Gasteiger partial charge in [-0.1, -0.05) is 25.8 Å². The van der Waals surface area contributed by atoms with Gasteiger partial charge in [-0.25, -0.2) is 4.79 Å². The molecule has 1 heterocycles. The van der Waals surface area contributed by atoms with Crippen LogP contribution in [0.5, 0.6) is 0 Å². The average Bonchev–Trinajstić information content (AvgIpc) is 3.00. The van der Waals surface area contributed by atoms with E-state index in [2.05, 4.69) is 12.2 Å². The van der Waals surface area contributed by atoms with Crippen molar-refractivity contribution in [3.05, 3.63) is 28.5 Å². The van der Waals surface area contributed by atoms with E-state index in [0.717, 1.165) is 24.1 Å². The van der Waals surface area contributed by atoms with Gasteiger partial charge in [-0.05, 0) is 43.2 Å². The first-order valence-corrected chi connectivity index (χ1v) is 8.67. The third-order valence-corrected chi connectivity index (χ3v) is 4.87. The molecule has 0 unspecified atom stereocenters. The van der Waals surface area contributed by atoms with Gasteiger partial charge in [0, 0.05) is 17.0 Å². The van der Waals surface area contributed by atoms with E-state index < -0.39 is 12.1 Å². The molecule has 5 heteroatoms. The van der Waals surface area contributed by atoms with Crippen molar-refractivity contribution < 1.29 is 14.3 Å². The van der Waals surface area contributed by atoms with Gasteiger partial charge < -0.3 is 10.1 Å². The number of carbonyl (C=O) groups excluding carboxylic acids is 2. The number of ether oxygens (including phenoxy) is 1. The van der Waals surface area contributed by atoms with Crippen LogP contribution in [-0.4, -0.2) is 24.0 Å². The zero-order valence-corrected chi connectivity index (χ0v) is 13.9. The quantitative estimate of drug-likeness (QED) is 0.668. The third kappa shape index (κ3) is 4.98. The maximum Gasteiger partial charge on any atom is 0.331 e. The van der Waals surface area contributed by atoms with Crippen molar-refractivity contribution in [3.8, 4) is 0 Å². The van der Waals surface area contributed by atoms with E-state index in [1.54, 1.807) is 13.0 Å². The number of rotatable bonds is 5. The second-order valence-corrected chi connectivity index (χ2v) is 6.78. The third-order valence-electron chi connectivity index (χ3n) is 4.03. The first-order chi connectivity index (χ1) is 10.6. The fraction of sp³-hybridized carbons (Fsp3) is 0.529. The van der Waals surface area contributed by atoms with Crippen LogP contribution in [0, 0.1) is 5.92 Å². The van der Waals surface area contributed by atoms with Gasteiger partial charge in [0.15, 0.2) is 6.10 Å². The number of amides is 1. The maximum absolute atomic E-state index is 12.1. The van der Waals surface area contributed by atoms with Crippen molar-refractivity contribution >= 4 is 29.3 Å². The summed E-state index contributed by atoms with van der Waals surface area (Å²) in [6.07, 6.45) is 6.81. The molecule has 0 bridgehead atoms. The van der Waals surface area contributed by atoms with Gasteiger partial charge >= 0.3 is 5.97 Å². The van der Waals surface area contributed by atoms with Gasteiger partial charge in [-0.2, -0.15) is 0 Å². The summed E-state index contributed by atoms with van der Waals surface area (Å²) in [7, 11) is 0. The van der Waals surface area contributed by atoms with Crippen LogP contribution in [0.3, 0.4) is 0 Å². The largest absolute Gasteiger partial charge is 0.449 e. The topological polar surface area (TPSA) is 55.4 Å². The molecule has 0 saturated heterocycles. The summed E-state index contributed by atoms with van der Waals surface area (Å²) < 4.78 is 5.15. The van der Waals surface area contributed by atoms with Gasteiger partial charge in [0.05, 0.1) is 0 Å². The Morgan fingerprint density at radius 1 is 1.41 bits per heavy atom. The summed E-state index contributed by atoms with van der Waals surface area (Å²) in [5.41, 5.74) is 0. The molecule has 1 aromatic rings. The maximum atomic E-state index is 12.1. The van der Waals surface area contributed by atoms with Gasteiger partial charge in [-0.3, -0.25) is 4.79 Å². The van der Waals surface area contributed by atoms with E-state index in [0.29, 0.717) is 5.92 Å². The van der Waals surface area contributed by atoms with Crippen LogP contribution in [0.2, 0.25) is 0 Å². The second kappa shape index (κ2) is 8.13. The van der Waals surface area contributed by atoms with Crippen molar-refractivity contribution in [2.24, 2.45) is 5.92 Å². The highest BCUT2D eigenvalue weighted by atomic mass is 32.1. The summed E-state index contributed by atoms with van der Waals surface area (Å²) in [5.74, 6) is -0.219. The number of hydrogen-bond donors (Lipinski definition) is 1. The van der Waals surface area contributed by atoms with Crippen molar-refractivity contribution in [1.29, 1.82) is 0 Å². The van der Waals surface area contributed by atoms with E-state index in [1.807, 2.05) is 17.5 Å². The lowest BCUT2D eigenvalue weighted by Gasteiger charge is -2.30. The number of nitrogens with one attached hydrogen (secondary N) is 1. The summed E-state index contributed by atoms with van der Waals surface area (Å²) in [4.78, 5) is 24.8. The van der Waals surface area contributed by atoms with E-state index in [-0.39, 0.29) is 11.9 Å². The van der Waals surface area contributed by atoms with Crippen LogP contribution in [0.1, 0.15) is 44.4 Å². The van der Waals surface area contributed by atoms with E-state index in [1.165, 1.54) is 23.8 Å². The highest BCUT2D eigenvalue weighted by molar-refractivity contribution is 7.10. The average molecular weight is 321 g/mol. The smallest absolute Gasteiger partial charge is 0.331 e. The molecule has 0 radical (unpaired) electrons. The summed E-state index contributed by atoms with van der Waals surface area (Å²) in [6, 6.07) is 4.02. The van der Waals surface area contributed by atoms with Crippen molar-refractivity contribution in [2.45, 2.75) is 51.7 Å². The predicted octanol–water partition coefficient (Wildman–Crippen LogP) is 3.39. The Balaban J connectivity index is 1.79. The molecule has 1 N–H and O–H groups in total. The second-order valence-electron chi connectivity index (χ2n) is 5.80. The zero-order chi connectivity index (χ0) is 15.9. The van der Waals surface area contributed by atoms with Crippen LogP contribution in [-0.2, 0) is 14.3 Å². The van der Waals surface area contributed by atoms with Crippen LogP contribution < -0.4 is 5.32 Å². The Labute approximate surface area is 135 Å². The number of thiophene rings is 1. The molecular weight excluding hydrogens is 298 g/mol. The molecule has 1 aliphatic carbocycles. The normalized spacial score (nSPS) is 23.2. The highest BCUT2D eigenvalue weighted by Gasteiger charge is 2.25. The van der Waals surface area contributed by atoms with E-state index in [4.69, 9.17) is 4.74 Å². The Hall–Kier alpha value is -1.62.